The fourth-order valence-corrected chi connectivity index (χ4v) is 2.36. The monoisotopic (exact) mass is 292 g/mol. The third-order valence-corrected chi connectivity index (χ3v) is 3.52. The quantitative estimate of drug-likeness (QED) is 0.829. The summed E-state index contributed by atoms with van der Waals surface area (Å²) >= 11 is 5.29. The Morgan fingerprint density at radius 2 is 2.35 bits per heavy atom. The van der Waals surface area contributed by atoms with E-state index in [1.807, 2.05) is 23.0 Å². The minimum absolute atomic E-state index is 0.118. The first kappa shape index (κ1) is 14.6. The zero-order valence-electron chi connectivity index (χ0n) is 12.0. The normalized spacial score (nSPS) is 12.2. The van der Waals surface area contributed by atoms with Gasteiger partial charge in [-0.15, -0.1) is 0 Å². The molecule has 6 heteroatoms. The van der Waals surface area contributed by atoms with Crippen molar-refractivity contribution >= 4 is 17.3 Å². The maximum Gasteiger partial charge on any atom is 0.167 e. The Morgan fingerprint density at radius 3 is 2.95 bits per heavy atom. The van der Waals surface area contributed by atoms with E-state index < -0.39 is 0 Å². The SMILES string of the molecule is CCn1ncc(C(C)NC(=S)NCc2ccco2)c1C. The first-order chi connectivity index (χ1) is 9.61. The number of aromatic nitrogens is 2. The van der Waals surface area contributed by atoms with Gasteiger partial charge in [0.2, 0.25) is 0 Å². The maximum absolute atomic E-state index is 5.29. The van der Waals surface area contributed by atoms with E-state index in [9.17, 15) is 0 Å². The minimum atomic E-state index is 0.118. The smallest absolute Gasteiger partial charge is 0.167 e. The van der Waals surface area contributed by atoms with Crippen molar-refractivity contribution in [2.75, 3.05) is 0 Å². The Morgan fingerprint density at radius 1 is 1.55 bits per heavy atom. The van der Waals surface area contributed by atoms with Crippen LogP contribution < -0.4 is 10.6 Å². The summed E-state index contributed by atoms with van der Waals surface area (Å²) in [6.45, 7) is 7.68. The lowest BCUT2D eigenvalue weighted by atomic mass is 10.1. The number of nitrogens with zero attached hydrogens (tertiary/aromatic N) is 2. The van der Waals surface area contributed by atoms with Crippen LogP contribution in [0, 0.1) is 6.92 Å². The topological polar surface area (TPSA) is 55.0 Å². The molecule has 0 aliphatic carbocycles. The van der Waals surface area contributed by atoms with Crippen LogP contribution in [0.4, 0.5) is 0 Å². The molecule has 0 fully saturated rings. The molecule has 0 bridgehead atoms. The molecule has 20 heavy (non-hydrogen) atoms. The number of thiocarbonyl (C=S) groups is 1. The van der Waals surface area contributed by atoms with Crippen LogP contribution in [0.5, 0.6) is 0 Å². The number of aryl methyl sites for hydroxylation is 1. The van der Waals surface area contributed by atoms with E-state index in [0.29, 0.717) is 11.7 Å². The predicted octanol–water partition coefficient (Wildman–Crippen LogP) is 2.53. The molecule has 0 aliphatic rings. The Balaban J connectivity index is 1.88. The van der Waals surface area contributed by atoms with Crippen LogP contribution >= 0.6 is 12.2 Å². The summed E-state index contributed by atoms with van der Waals surface area (Å²) in [6.07, 6.45) is 3.55. The van der Waals surface area contributed by atoms with Gasteiger partial charge in [0.25, 0.3) is 0 Å². The van der Waals surface area contributed by atoms with E-state index in [-0.39, 0.29) is 6.04 Å². The van der Waals surface area contributed by atoms with Gasteiger partial charge in [0.05, 0.1) is 25.0 Å². The second-order valence-electron chi connectivity index (χ2n) is 4.63. The largest absolute Gasteiger partial charge is 0.467 e. The molecule has 2 aromatic heterocycles. The molecule has 2 aromatic rings. The summed E-state index contributed by atoms with van der Waals surface area (Å²) in [5.41, 5.74) is 2.33. The van der Waals surface area contributed by atoms with Gasteiger partial charge in [-0.25, -0.2) is 0 Å². The molecule has 1 atom stereocenters. The van der Waals surface area contributed by atoms with Gasteiger partial charge in [0.15, 0.2) is 5.11 Å². The predicted molar refractivity (Wildman–Crippen MR) is 82.3 cm³/mol. The van der Waals surface area contributed by atoms with Crippen LogP contribution in [0.15, 0.2) is 29.0 Å². The highest BCUT2D eigenvalue weighted by Crippen LogP contribution is 2.16. The summed E-state index contributed by atoms with van der Waals surface area (Å²) in [6, 6.07) is 3.89. The van der Waals surface area contributed by atoms with E-state index >= 15 is 0 Å². The molecule has 2 rings (SSSR count). The van der Waals surface area contributed by atoms with E-state index in [1.165, 1.54) is 5.69 Å². The van der Waals surface area contributed by atoms with Crippen LogP contribution in [-0.2, 0) is 13.1 Å². The Hall–Kier alpha value is -1.82. The molecular weight excluding hydrogens is 272 g/mol. The summed E-state index contributed by atoms with van der Waals surface area (Å²) in [5, 5.41) is 11.3. The Kier molecular flexibility index (Phi) is 4.79. The molecule has 108 valence electrons. The number of nitrogens with one attached hydrogen (secondary N) is 2. The lowest BCUT2D eigenvalue weighted by Gasteiger charge is -2.16. The van der Waals surface area contributed by atoms with E-state index in [2.05, 4.69) is 36.5 Å². The van der Waals surface area contributed by atoms with Gasteiger partial charge in [-0.3, -0.25) is 4.68 Å². The summed E-state index contributed by atoms with van der Waals surface area (Å²) in [5.74, 6) is 0.858. The van der Waals surface area contributed by atoms with Crippen molar-refractivity contribution in [3.63, 3.8) is 0 Å². The van der Waals surface area contributed by atoms with Crippen molar-refractivity contribution in [3.05, 3.63) is 41.6 Å². The van der Waals surface area contributed by atoms with Crippen molar-refractivity contribution in [1.82, 2.24) is 20.4 Å². The Bertz CT molecular complexity index is 562. The van der Waals surface area contributed by atoms with Gasteiger partial charge in [0.1, 0.15) is 5.76 Å². The van der Waals surface area contributed by atoms with Crippen molar-refractivity contribution in [2.24, 2.45) is 0 Å². The standard InChI is InChI=1S/C14H20N4OS/c1-4-18-11(3)13(9-16-18)10(2)17-14(20)15-8-12-6-5-7-19-12/h5-7,9-10H,4,8H2,1-3H3,(H2,15,17,20). The van der Waals surface area contributed by atoms with Crippen molar-refractivity contribution in [1.29, 1.82) is 0 Å². The van der Waals surface area contributed by atoms with E-state index in [0.717, 1.165) is 17.9 Å². The van der Waals surface area contributed by atoms with Crippen molar-refractivity contribution in [2.45, 2.75) is 39.9 Å². The zero-order valence-corrected chi connectivity index (χ0v) is 12.8. The van der Waals surface area contributed by atoms with Gasteiger partial charge < -0.3 is 15.1 Å². The van der Waals surface area contributed by atoms with Crippen LogP contribution in [0.3, 0.4) is 0 Å². The van der Waals surface area contributed by atoms with Gasteiger partial charge in [0, 0.05) is 17.8 Å². The maximum atomic E-state index is 5.29. The van der Waals surface area contributed by atoms with E-state index in [1.54, 1.807) is 6.26 Å². The highest BCUT2D eigenvalue weighted by atomic mass is 32.1. The lowest BCUT2D eigenvalue weighted by molar-refractivity contribution is 0.501. The first-order valence-corrected chi connectivity index (χ1v) is 7.11. The molecule has 0 aromatic carbocycles. The van der Waals surface area contributed by atoms with Gasteiger partial charge in [-0.2, -0.15) is 5.10 Å². The highest BCUT2D eigenvalue weighted by Gasteiger charge is 2.13. The number of rotatable bonds is 5. The molecule has 2 heterocycles. The van der Waals surface area contributed by atoms with Gasteiger partial charge in [-0.05, 0) is 45.1 Å². The summed E-state index contributed by atoms with van der Waals surface area (Å²) < 4.78 is 7.23. The second-order valence-corrected chi connectivity index (χ2v) is 5.04. The Labute approximate surface area is 124 Å². The molecule has 0 aliphatic heterocycles. The minimum Gasteiger partial charge on any atom is -0.467 e. The van der Waals surface area contributed by atoms with Gasteiger partial charge in [-0.1, -0.05) is 0 Å². The van der Waals surface area contributed by atoms with Crippen LogP contribution in [0.25, 0.3) is 0 Å². The summed E-state index contributed by atoms with van der Waals surface area (Å²) in [4.78, 5) is 0. The molecule has 1 unspecified atom stereocenters. The molecule has 0 amide bonds. The van der Waals surface area contributed by atoms with Crippen LogP contribution in [-0.4, -0.2) is 14.9 Å². The molecule has 2 N–H and O–H groups in total. The van der Waals surface area contributed by atoms with Crippen LogP contribution in [0.1, 0.15) is 36.9 Å². The van der Waals surface area contributed by atoms with Gasteiger partial charge >= 0.3 is 0 Å². The second kappa shape index (κ2) is 6.56. The number of hydrogen-bond donors (Lipinski definition) is 2. The molecule has 5 nitrogen and oxygen atoms in total. The molecule has 0 spiro atoms. The average Bonchev–Trinajstić information content (AvgIpc) is 3.05. The van der Waals surface area contributed by atoms with E-state index in [4.69, 9.17) is 16.6 Å². The number of furan rings is 1. The van der Waals surface area contributed by atoms with Crippen molar-refractivity contribution in [3.8, 4) is 0 Å². The molecule has 0 saturated heterocycles. The molecule has 0 radical (unpaired) electrons. The third-order valence-electron chi connectivity index (χ3n) is 3.26. The molecular formula is C14H20N4OS. The fraction of sp³-hybridized carbons (Fsp3) is 0.429. The van der Waals surface area contributed by atoms with Crippen LogP contribution in [0.2, 0.25) is 0 Å². The lowest BCUT2D eigenvalue weighted by Crippen LogP contribution is -2.36. The van der Waals surface area contributed by atoms with Crippen molar-refractivity contribution < 1.29 is 4.42 Å². The average molecular weight is 292 g/mol. The summed E-state index contributed by atoms with van der Waals surface area (Å²) in [7, 11) is 0. The number of hydrogen-bond acceptors (Lipinski definition) is 3. The fourth-order valence-electron chi connectivity index (χ4n) is 2.11. The molecule has 0 saturated carbocycles. The zero-order chi connectivity index (χ0) is 14.5. The third kappa shape index (κ3) is 3.39. The first-order valence-electron chi connectivity index (χ1n) is 6.70. The highest BCUT2D eigenvalue weighted by molar-refractivity contribution is 7.80.